The van der Waals surface area contributed by atoms with Crippen molar-refractivity contribution in [2.24, 2.45) is 0 Å². The molecule has 0 saturated heterocycles. The van der Waals surface area contributed by atoms with Crippen LogP contribution in [0.2, 0.25) is 0 Å². The molecule has 5 nitrogen and oxygen atoms in total. The van der Waals surface area contributed by atoms with E-state index in [0.717, 1.165) is 26.7 Å². The minimum atomic E-state index is -0.179. The van der Waals surface area contributed by atoms with Gasteiger partial charge in [-0.3, -0.25) is 4.79 Å². The van der Waals surface area contributed by atoms with Gasteiger partial charge in [-0.05, 0) is 31.2 Å². The minimum absolute atomic E-state index is 0.179. The van der Waals surface area contributed by atoms with Crippen LogP contribution >= 0.6 is 15.9 Å². The highest BCUT2D eigenvalue weighted by Crippen LogP contribution is 2.40. The third kappa shape index (κ3) is 2.53. The molecule has 0 saturated carbocycles. The van der Waals surface area contributed by atoms with E-state index in [4.69, 9.17) is 14.2 Å². The smallest absolute Gasteiger partial charge is 0.249 e. The number of hydrogen-bond acceptors (Lipinski definition) is 4. The summed E-state index contributed by atoms with van der Waals surface area (Å²) in [6.45, 7) is 2.66. The molecule has 1 aromatic heterocycles. The molecule has 0 spiro atoms. The Kier molecular flexibility index (Phi) is 3.69. The van der Waals surface area contributed by atoms with Gasteiger partial charge in [-0.25, -0.2) is 0 Å². The van der Waals surface area contributed by atoms with Crippen LogP contribution in [-0.4, -0.2) is 18.4 Å². The summed E-state index contributed by atoms with van der Waals surface area (Å²) in [5.74, 6) is 2.03. The van der Waals surface area contributed by atoms with Gasteiger partial charge in [0, 0.05) is 33.1 Å². The molecule has 0 atom stereocenters. The van der Waals surface area contributed by atoms with Gasteiger partial charge in [-0.15, -0.1) is 0 Å². The predicted molar refractivity (Wildman–Crippen MR) is 95.0 cm³/mol. The molecule has 2 aromatic carbocycles. The summed E-state index contributed by atoms with van der Waals surface area (Å²) < 4.78 is 17.5. The molecule has 1 aliphatic rings. The van der Waals surface area contributed by atoms with Gasteiger partial charge in [-0.2, -0.15) is 0 Å². The van der Waals surface area contributed by atoms with E-state index >= 15 is 0 Å². The summed E-state index contributed by atoms with van der Waals surface area (Å²) in [5.41, 5.74) is 2.17. The van der Waals surface area contributed by atoms with Crippen molar-refractivity contribution in [3.05, 3.63) is 51.2 Å². The third-order valence-electron chi connectivity index (χ3n) is 3.87. The van der Waals surface area contributed by atoms with Crippen LogP contribution in [0.4, 0.5) is 0 Å². The van der Waals surface area contributed by atoms with Gasteiger partial charge < -0.3 is 19.2 Å². The normalized spacial score (nSPS) is 12.6. The van der Waals surface area contributed by atoms with Crippen molar-refractivity contribution in [1.82, 2.24) is 4.98 Å². The number of fused-ring (bicyclic) bond motifs is 2. The summed E-state index contributed by atoms with van der Waals surface area (Å²) in [6.07, 6.45) is 0. The molecule has 0 fully saturated rings. The third-order valence-corrected chi connectivity index (χ3v) is 4.36. The zero-order valence-corrected chi connectivity index (χ0v) is 14.5. The fraction of sp³-hybridized carbons (Fsp3) is 0.167. The molecule has 0 unspecified atom stereocenters. The lowest BCUT2D eigenvalue weighted by atomic mass is 10.00. The summed E-state index contributed by atoms with van der Waals surface area (Å²) in [4.78, 5) is 15.0. The van der Waals surface area contributed by atoms with Crippen LogP contribution in [0, 0.1) is 0 Å². The number of hydrogen-bond donors (Lipinski definition) is 1. The Morgan fingerprint density at radius 3 is 2.71 bits per heavy atom. The monoisotopic (exact) mass is 387 g/mol. The molecular formula is C18H14BrNO4. The van der Waals surface area contributed by atoms with E-state index in [2.05, 4.69) is 20.9 Å². The first-order chi connectivity index (χ1) is 11.7. The molecule has 4 rings (SSSR count). The number of benzene rings is 2. The van der Waals surface area contributed by atoms with Crippen LogP contribution in [0.1, 0.15) is 6.92 Å². The fourth-order valence-electron chi connectivity index (χ4n) is 2.86. The number of pyridine rings is 1. The second-order valence-corrected chi connectivity index (χ2v) is 6.29. The topological polar surface area (TPSA) is 60.6 Å². The highest BCUT2D eigenvalue weighted by Gasteiger charge is 2.18. The maximum absolute atomic E-state index is 12.1. The molecular weight excluding hydrogens is 374 g/mol. The van der Waals surface area contributed by atoms with E-state index in [0.29, 0.717) is 23.6 Å². The highest BCUT2D eigenvalue weighted by molar-refractivity contribution is 9.10. The van der Waals surface area contributed by atoms with E-state index < -0.39 is 0 Å². The average molecular weight is 388 g/mol. The first-order valence-electron chi connectivity index (χ1n) is 7.55. The van der Waals surface area contributed by atoms with Gasteiger partial charge in [0.1, 0.15) is 5.75 Å². The van der Waals surface area contributed by atoms with Crippen molar-refractivity contribution in [2.75, 3.05) is 13.4 Å². The molecule has 0 bridgehead atoms. The second kappa shape index (κ2) is 5.87. The van der Waals surface area contributed by atoms with Crippen molar-refractivity contribution in [3.8, 4) is 28.4 Å². The summed E-state index contributed by atoms with van der Waals surface area (Å²) in [7, 11) is 0. The highest BCUT2D eigenvalue weighted by atomic mass is 79.9. The maximum Gasteiger partial charge on any atom is 0.249 e. The van der Waals surface area contributed by atoms with Crippen molar-refractivity contribution in [3.63, 3.8) is 0 Å². The standard InChI is InChI=1S/C18H14BrNO4/c1-2-22-15-5-10(19)3-4-11(15)12-7-18(21)20-14-8-17-16(6-13(12)14)23-9-24-17/h3-8H,2,9H2,1H3,(H,20,21). The summed E-state index contributed by atoms with van der Waals surface area (Å²) in [6, 6.07) is 11.0. The predicted octanol–water partition coefficient (Wildman–Crippen LogP) is 4.09. The van der Waals surface area contributed by atoms with Gasteiger partial charge >= 0.3 is 0 Å². The second-order valence-electron chi connectivity index (χ2n) is 5.37. The molecule has 24 heavy (non-hydrogen) atoms. The number of ether oxygens (including phenoxy) is 3. The quantitative estimate of drug-likeness (QED) is 0.735. The van der Waals surface area contributed by atoms with Gasteiger partial charge in [0.2, 0.25) is 12.4 Å². The SMILES string of the molecule is CCOc1cc(Br)ccc1-c1cc(=O)[nH]c2cc3c(cc12)OCO3. The zero-order chi connectivity index (χ0) is 16.7. The largest absolute Gasteiger partial charge is 0.493 e. The molecule has 1 N–H and O–H groups in total. The lowest BCUT2D eigenvalue weighted by molar-refractivity contribution is 0.174. The Hall–Kier alpha value is -2.47. The Morgan fingerprint density at radius 2 is 1.92 bits per heavy atom. The Labute approximate surface area is 146 Å². The van der Waals surface area contributed by atoms with Crippen LogP contribution in [0.25, 0.3) is 22.0 Å². The van der Waals surface area contributed by atoms with E-state index in [1.807, 2.05) is 31.2 Å². The number of halogens is 1. The van der Waals surface area contributed by atoms with Crippen LogP contribution in [0.15, 0.2) is 45.7 Å². The zero-order valence-electron chi connectivity index (χ0n) is 12.9. The number of H-pyrrole nitrogens is 1. The van der Waals surface area contributed by atoms with E-state index in [1.54, 1.807) is 12.1 Å². The lowest BCUT2D eigenvalue weighted by Crippen LogP contribution is -2.05. The molecule has 1 aliphatic heterocycles. The fourth-order valence-corrected chi connectivity index (χ4v) is 3.20. The Bertz CT molecular complexity index is 996. The summed E-state index contributed by atoms with van der Waals surface area (Å²) >= 11 is 3.46. The summed E-state index contributed by atoms with van der Waals surface area (Å²) in [5, 5.41) is 0.877. The van der Waals surface area contributed by atoms with Crippen molar-refractivity contribution < 1.29 is 14.2 Å². The molecule has 2 heterocycles. The van der Waals surface area contributed by atoms with Crippen molar-refractivity contribution >= 4 is 26.8 Å². The van der Waals surface area contributed by atoms with E-state index in [9.17, 15) is 4.79 Å². The van der Waals surface area contributed by atoms with Gasteiger partial charge in [0.05, 0.1) is 12.1 Å². The van der Waals surface area contributed by atoms with E-state index in [-0.39, 0.29) is 12.4 Å². The molecule has 122 valence electrons. The Morgan fingerprint density at radius 1 is 1.12 bits per heavy atom. The molecule has 3 aromatic rings. The first-order valence-corrected chi connectivity index (χ1v) is 8.34. The van der Waals surface area contributed by atoms with Gasteiger partial charge in [-0.1, -0.05) is 15.9 Å². The molecule has 0 aliphatic carbocycles. The maximum atomic E-state index is 12.1. The number of nitrogens with one attached hydrogen (secondary N) is 1. The van der Waals surface area contributed by atoms with Crippen LogP contribution in [0.3, 0.4) is 0 Å². The average Bonchev–Trinajstić information content (AvgIpc) is 3.00. The lowest BCUT2D eigenvalue weighted by Gasteiger charge is -2.13. The van der Waals surface area contributed by atoms with Gasteiger partial charge in [0.15, 0.2) is 11.5 Å². The van der Waals surface area contributed by atoms with Crippen molar-refractivity contribution in [2.45, 2.75) is 6.92 Å². The number of rotatable bonds is 3. The molecule has 0 radical (unpaired) electrons. The first kappa shape index (κ1) is 15.1. The molecule has 6 heteroatoms. The number of aromatic amines is 1. The van der Waals surface area contributed by atoms with Crippen molar-refractivity contribution in [1.29, 1.82) is 0 Å². The molecule has 0 amide bonds. The minimum Gasteiger partial charge on any atom is -0.493 e. The van der Waals surface area contributed by atoms with Crippen LogP contribution in [0.5, 0.6) is 17.2 Å². The van der Waals surface area contributed by atoms with Crippen LogP contribution < -0.4 is 19.8 Å². The number of aromatic nitrogens is 1. The van der Waals surface area contributed by atoms with Crippen LogP contribution in [-0.2, 0) is 0 Å². The van der Waals surface area contributed by atoms with E-state index in [1.165, 1.54) is 0 Å². The Balaban J connectivity index is 2.02. The van der Waals surface area contributed by atoms with Gasteiger partial charge in [0.25, 0.3) is 0 Å².